The lowest BCUT2D eigenvalue weighted by atomic mass is 9.87. The number of nitrogens with zero attached hydrogens (tertiary/aromatic N) is 14. The first-order valence-electron chi connectivity index (χ1n) is 25.0. The van der Waals surface area contributed by atoms with Crippen LogP contribution in [0.25, 0.3) is 0 Å². The molecule has 3 aliphatic heterocycles. The number of nitriles is 4. The first kappa shape index (κ1) is 56.7. The summed E-state index contributed by atoms with van der Waals surface area (Å²) < 4.78 is 49.9. The summed E-state index contributed by atoms with van der Waals surface area (Å²) in [6, 6.07) is 17.0. The first-order valence-corrected chi connectivity index (χ1v) is 25.0. The van der Waals surface area contributed by atoms with Gasteiger partial charge in [-0.15, -0.1) is 0 Å². The van der Waals surface area contributed by atoms with E-state index < -0.39 is 29.4 Å². The molecule has 1 amide bonds. The Morgan fingerprint density at radius 2 is 1.06 bits per heavy atom. The maximum Gasteiger partial charge on any atom is 0.410 e. The topological polar surface area (TPSA) is 211 Å². The SMILES string of the molecule is CC(C)c1ccn(C(CC#N)C2CC2)n1.CC(C)c1ccn(C2(CC#N)CN(C(=O)OC(C)(C)C)C2)n1.CC(C)c1ccn(C2(CC#N)CN(CC(F)(F)F)C2)n1.CC(C)c1ccn(C2(CC#N)CNC2)n1. The van der Waals surface area contributed by atoms with Crippen molar-refractivity contribution < 1.29 is 22.7 Å². The molecule has 8 rings (SSSR count). The Balaban J connectivity index is 0.000000181. The van der Waals surface area contributed by atoms with E-state index in [-0.39, 0.29) is 37.1 Å². The van der Waals surface area contributed by atoms with Crippen LogP contribution < -0.4 is 5.32 Å². The average Bonchev–Trinajstić information content (AvgIpc) is 3.76. The van der Waals surface area contributed by atoms with Crippen LogP contribution in [-0.4, -0.2) is 113 Å². The highest BCUT2D eigenvalue weighted by Crippen LogP contribution is 2.41. The Kier molecular flexibility index (Phi) is 18.5. The van der Waals surface area contributed by atoms with Crippen molar-refractivity contribution in [2.75, 3.05) is 45.8 Å². The molecule has 72 heavy (non-hydrogen) atoms. The van der Waals surface area contributed by atoms with Crippen molar-refractivity contribution >= 4 is 6.09 Å². The third-order valence-corrected chi connectivity index (χ3v) is 13.3. The zero-order valence-corrected chi connectivity index (χ0v) is 44.0. The minimum Gasteiger partial charge on any atom is -0.444 e. The Labute approximate surface area is 423 Å². The highest BCUT2D eigenvalue weighted by atomic mass is 19.4. The summed E-state index contributed by atoms with van der Waals surface area (Å²) in [6.45, 7) is 24.3. The van der Waals surface area contributed by atoms with Crippen molar-refractivity contribution in [3.8, 4) is 24.3 Å². The highest BCUT2D eigenvalue weighted by Gasteiger charge is 2.50. The van der Waals surface area contributed by atoms with Gasteiger partial charge < -0.3 is 15.0 Å². The summed E-state index contributed by atoms with van der Waals surface area (Å²) in [4.78, 5) is 15.0. The van der Waals surface area contributed by atoms with Gasteiger partial charge in [0.15, 0.2) is 0 Å². The largest absolute Gasteiger partial charge is 0.444 e. The van der Waals surface area contributed by atoms with Crippen LogP contribution >= 0.6 is 0 Å². The second-order valence-electron chi connectivity index (χ2n) is 22.0. The number of amides is 1. The average molecular weight is 998 g/mol. The molecular formula is C52H74F3N15O2. The summed E-state index contributed by atoms with van der Waals surface area (Å²) in [6.07, 6.45) is 7.25. The summed E-state index contributed by atoms with van der Waals surface area (Å²) in [7, 11) is 0. The summed E-state index contributed by atoms with van der Waals surface area (Å²) in [5.74, 6) is 2.18. The lowest BCUT2D eigenvalue weighted by molar-refractivity contribution is -0.167. The van der Waals surface area contributed by atoms with Gasteiger partial charge >= 0.3 is 12.3 Å². The molecule has 1 aliphatic carbocycles. The van der Waals surface area contributed by atoms with E-state index in [1.807, 2.05) is 85.5 Å². The van der Waals surface area contributed by atoms with Crippen molar-refractivity contribution in [3.05, 3.63) is 71.8 Å². The molecular weight excluding hydrogens is 924 g/mol. The van der Waals surface area contributed by atoms with E-state index in [0.717, 1.165) is 35.9 Å². The van der Waals surface area contributed by atoms with E-state index >= 15 is 0 Å². The smallest absolute Gasteiger partial charge is 0.410 e. The number of aromatic nitrogens is 8. The number of halogens is 3. The maximum absolute atomic E-state index is 12.3. The fourth-order valence-corrected chi connectivity index (χ4v) is 8.80. The van der Waals surface area contributed by atoms with Gasteiger partial charge in [-0.1, -0.05) is 55.4 Å². The molecule has 4 aromatic heterocycles. The number of nitrogens with one attached hydrogen (secondary N) is 1. The summed E-state index contributed by atoms with van der Waals surface area (Å²) >= 11 is 0. The minimum absolute atomic E-state index is 0.0953. The standard InChI is InChI=1S/C16H24N4O2.C13H17F3N4.C12H17N3.C11H16N4/c1-12(2)13-6-9-20(18-13)16(7-8-17)10-19(11-16)14(21)22-15(3,4)5;1-10(2)11-3-6-20(18-11)12(4-5-17)7-19(8-12)9-13(14,15)16;1-9(2)11-6-8-15(14-11)12(5-7-13)10-3-4-10;1-9(2)10-3-6-15(14-10)11(4-5-12)7-13-8-11/h6,9,12H,7,10-11H2,1-5H3;3,6,10H,4,7-9H2,1-2H3;6,8-10,12H,3-5H2,1-2H3;3,6,9,13H,4,7-8H2,1-2H3. The van der Waals surface area contributed by atoms with Gasteiger partial charge in [0.05, 0.1) is 98.4 Å². The molecule has 0 radical (unpaired) electrons. The van der Waals surface area contributed by atoms with Crippen LogP contribution in [0.5, 0.6) is 0 Å². The highest BCUT2D eigenvalue weighted by molar-refractivity contribution is 5.69. The van der Waals surface area contributed by atoms with Crippen molar-refractivity contribution in [1.82, 2.24) is 54.2 Å². The van der Waals surface area contributed by atoms with Gasteiger partial charge in [0.1, 0.15) is 22.2 Å². The molecule has 3 saturated heterocycles. The second kappa shape index (κ2) is 23.6. The van der Waals surface area contributed by atoms with Crippen LogP contribution in [0, 0.1) is 51.2 Å². The quantitative estimate of drug-likeness (QED) is 0.125. The fourth-order valence-electron chi connectivity index (χ4n) is 8.80. The summed E-state index contributed by atoms with van der Waals surface area (Å²) in [5.41, 5.74) is 2.44. The second-order valence-corrected chi connectivity index (χ2v) is 22.0. The maximum atomic E-state index is 12.3. The molecule has 1 saturated carbocycles. The number of ether oxygens (including phenoxy) is 1. The van der Waals surface area contributed by atoms with Crippen LogP contribution in [0.2, 0.25) is 0 Å². The van der Waals surface area contributed by atoms with E-state index in [2.05, 4.69) is 97.6 Å². The Morgan fingerprint density at radius 3 is 1.39 bits per heavy atom. The van der Waals surface area contributed by atoms with Gasteiger partial charge in [0.2, 0.25) is 0 Å². The lowest BCUT2D eigenvalue weighted by Crippen LogP contribution is -2.64. The first-order chi connectivity index (χ1) is 33.8. The van der Waals surface area contributed by atoms with Crippen LogP contribution in [0.4, 0.5) is 18.0 Å². The molecule has 390 valence electrons. The van der Waals surface area contributed by atoms with E-state index in [0.29, 0.717) is 62.1 Å². The van der Waals surface area contributed by atoms with Crippen molar-refractivity contribution in [1.29, 1.82) is 21.0 Å². The molecule has 0 aromatic carbocycles. The van der Waals surface area contributed by atoms with E-state index in [1.165, 1.54) is 17.7 Å². The van der Waals surface area contributed by atoms with Gasteiger partial charge in [-0.2, -0.15) is 54.6 Å². The number of alkyl halides is 3. The number of likely N-dealkylation sites (tertiary alicyclic amines) is 2. The Hall–Kier alpha value is -6.22. The third-order valence-electron chi connectivity index (χ3n) is 13.3. The number of carbonyl (C=O) groups is 1. The molecule has 1 unspecified atom stereocenters. The minimum atomic E-state index is -4.20. The van der Waals surface area contributed by atoms with Gasteiger partial charge in [0, 0.05) is 51.0 Å². The van der Waals surface area contributed by atoms with Crippen molar-refractivity contribution in [3.63, 3.8) is 0 Å². The Bertz CT molecular complexity index is 2550. The number of rotatable bonds is 14. The normalized spacial score (nSPS) is 18.0. The fraction of sp³-hybridized carbons (Fsp3) is 0.673. The van der Waals surface area contributed by atoms with Gasteiger partial charge in [0.25, 0.3) is 0 Å². The molecule has 7 heterocycles. The van der Waals surface area contributed by atoms with Gasteiger partial charge in [-0.3, -0.25) is 23.6 Å². The predicted octanol–water partition coefficient (Wildman–Crippen LogP) is 9.45. The molecule has 0 spiro atoms. The van der Waals surface area contributed by atoms with Crippen molar-refractivity contribution in [2.45, 2.75) is 173 Å². The molecule has 0 bridgehead atoms. The molecule has 4 fully saturated rings. The summed E-state index contributed by atoms with van der Waals surface area (Å²) in [5, 5.41) is 57.0. The monoisotopic (exact) mass is 998 g/mol. The number of hydrogen-bond donors (Lipinski definition) is 1. The number of hydrogen-bond acceptors (Lipinski definition) is 12. The van der Waals surface area contributed by atoms with Crippen LogP contribution in [0.1, 0.15) is 167 Å². The van der Waals surface area contributed by atoms with Crippen LogP contribution in [-0.2, 0) is 21.4 Å². The molecule has 4 aliphatic rings. The molecule has 4 aromatic rings. The van der Waals surface area contributed by atoms with Crippen LogP contribution in [0.3, 0.4) is 0 Å². The number of carbonyl (C=O) groups excluding carboxylic acids is 1. The molecule has 17 nitrogen and oxygen atoms in total. The van der Waals surface area contributed by atoms with E-state index in [9.17, 15) is 18.0 Å². The zero-order chi connectivity index (χ0) is 53.2. The Morgan fingerprint density at radius 1 is 0.653 bits per heavy atom. The van der Waals surface area contributed by atoms with Crippen molar-refractivity contribution in [2.24, 2.45) is 5.92 Å². The lowest BCUT2D eigenvalue weighted by Gasteiger charge is -2.49. The third kappa shape index (κ3) is 14.5. The zero-order valence-electron chi connectivity index (χ0n) is 44.0. The molecule has 1 atom stereocenters. The van der Waals surface area contributed by atoms with Gasteiger partial charge in [-0.25, -0.2) is 4.79 Å². The predicted molar refractivity (Wildman–Crippen MR) is 265 cm³/mol. The van der Waals surface area contributed by atoms with Gasteiger partial charge in [-0.05, 0) is 87.5 Å². The van der Waals surface area contributed by atoms with E-state index in [4.69, 9.17) is 25.8 Å². The van der Waals surface area contributed by atoms with Crippen LogP contribution in [0.15, 0.2) is 49.1 Å². The molecule has 20 heteroatoms. The van der Waals surface area contributed by atoms with E-state index in [1.54, 1.807) is 15.8 Å². The molecule has 1 N–H and O–H groups in total.